The molecule has 1 aromatic carbocycles. The molecule has 0 aliphatic rings. The summed E-state index contributed by atoms with van der Waals surface area (Å²) in [5.41, 5.74) is 1.73. The van der Waals surface area contributed by atoms with Crippen molar-refractivity contribution in [1.82, 2.24) is 15.1 Å². The molecule has 5 nitrogen and oxygen atoms in total. The van der Waals surface area contributed by atoms with E-state index >= 15 is 0 Å². The van der Waals surface area contributed by atoms with Gasteiger partial charge in [0, 0.05) is 23.3 Å². The molecule has 0 fully saturated rings. The Labute approximate surface area is 146 Å². The molecule has 0 aliphatic heterocycles. The van der Waals surface area contributed by atoms with E-state index in [-0.39, 0.29) is 11.5 Å². The van der Waals surface area contributed by atoms with E-state index in [1.807, 2.05) is 37.3 Å². The summed E-state index contributed by atoms with van der Waals surface area (Å²) in [7, 11) is 0. The molecule has 0 saturated heterocycles. The van der Waals surface area contributed by atoms with Gasteiger partial charge in [0.05, 0.1) is 12.7 Å². The Balaban J connectivity index is 2.07. The number of nitrogens with one attached hydrogen (secondary N) is 1. The molecular weight excluding hydrogens is 324 g/mol. The number of hydrogen-bond donors (Lipinski definition) is 1. The first-order chi connectivity index (χ1) is 11.6. The molecule has 2 aromatic rings. The van der Waals surface area contributed by atoms with Crippen molar-refractivity contribution in [2.75, 3.05) is 6.54 Å². The molecule has 1 heterocycles. The van der Waals surface area contributed by atoms with Gasteiger partial charge in [0.1, 0.15) is 11.6 Å². The molecule has 1 N–H and O–H groups in total. The molecule has 0 radical (unpaired) electrons. The maximum Gasteiger partial charge on any atom is 0.261 e. The number of nitriles is 1. The summed E-state index contributed by atoms with van der Waals surface area (Å²) in [6.45, 7) is 3.14. The fourth-order valence-electron chi connectivity index (χ4n) is 2.13. The standard InChI is InChI=1S/C18H19ClN4O/c1-2-3-8-21-18(24)16(10-20)9-14-11-22-23(12-14)13-15-6-4-5-7-17(15)19/h4-7,9,11-12H,2-3,8,13H2,1H3,(H,21,24). The van der Waals surface area contributed by atoms with Crippen molar-refractivity contribution in [1.29, 1.82) is 5.26 Å². The van der Waals surface area contributed by atoms with E-state index in [0.717, 1.165) is 18.4 Å². The monoisotopic (exact) mass is 342 g/mol. The predicted octanol–water partition coefficient (Wildman–Crippen LogP) is 3.41. The number of hydrogen-bond acceptors (Lipinski definition) is 3. The largest absolute Gasteiger partial charge is 0.351 e. The highest BCUT2D eigenvalue weighted by molar-refractivity contribution is 6.31. The zero-order valence-electron chi connectivity index (χ0n) is 13.5. The van der Waals surface area contributed by atoms with Crippen molar-refractivity contribution in [3.05, 3.63) is 58.4 Å². The molecule has 1 amide bonds. The lowest BCUT2D eigenvalue weighted by Gasteiger charge is -2.03. The van der Waals surface area contributed by atoms with E-state index < -0.39 is 0 Å². The maximum atomic E-state index is 11.9. The van der Waals surface area contributed by atoms with E-state index in [9.17, 15) is 4.79 Å². The highest BCUT2D eigenvalue weighted by Crippen LogP contribution is 2.16. The Morgan fingerprint density at radius 1 is 1.46 bits per heavy atom. The van der Waals surface area contributed by atoms with E-state index in [1.54, 1.807) is 17.1 Å². The number of nitrogens with zero attached hydrogens (tertiary/aromatic N) is 3. The summed E-state index contributed by atoms with van der Waals surface area (Å²) in [6, 6.07) is 9.49. The Kier molecular flexibility index (Phi) is 6.59. The number of amides is 1. The minimum Gasteiger partial charge on any atom is -0.351 e. The molecule has 6 heteroatoms. The van der Waals surface area contributed by atoms with Gasteiger partial charge in [0.25, 0.3) is 5.91 Å². The maximum absolute atomic E-state index is 11.9. The van der Waals surface area contributed by atoms with Crippen LogP contribution in [0.2, 0.25) is 5.02 Å². The smallest absolute Gasteiger partial charge is 0.261 e. The molecule has 124 valence electrons. The first-order valence-electron chi connectivity index (χ1n) is 7.80. The third-order valence-electron chi connectivity index (χ3n) is 3.44. The van der Waals surface area contributed by atoms with Gasteiger partial charge in [-0.1, -0.05) is 43.1 Å². The number of carbonyl (C=O) groups is 1. The van der Waals surface area contributed by atoms with Crippen molar-refractivity contribution in [2.24, 2.45) is 0 Å². The molecule has 0 atom stereocenters. The van der Waals surface area contributed by atoms with Gasteiger partial charge in [0.2, 0.25) is 0 Å². The Bertz CT molecular complexity index is 773. The molecular formula is C18H19ClN4O. The van der Waals surface area contributed by atoms with E-state index in [2.05, 4.69) is 10.4 Å². The fourth-order valence-corrected chi connectivity index (χ4v) is 2.33. The number of carbonyl (C=O) groups excluding carboxylic acids is 1. The molecule has 0 aliphatic carbocycles. The van der Waals surface area contributed by atoms with Crippen molar-refractivity contribution in [2.45, 2.75) is 26.3 Å². The fraction of sp³-hybridized carbons (Fsp3) is 0.278. The highest BCUT2D eigenvalue weighted by atomic mass is 35.5. The van der Waals surface area contributed by atoms with Gasteiger partial charge in [-0.05, 0) is 24.1 Å². The van der Waals surface area contributed by atoms with Crippen LogP contribution in [0.15, 0.2) is 42.2 Å². The molecule has 1 aromatic heterocycles. The lowest BCUT2D eigenvalue weighted by atomic mass is 10.2. The summed E-state index contributed by atoms with van der Waals surface area (Å²) in [5, 5.41) is 16.8. The number of halogens is 1. The normalized spacial score (nSPS) is 11.1. The Morgan fingerprint density at radius 3 is 2.96 bits per heavy atom. The van der Waals surface area contributed by atoms with Crippen molar-refractivity contribution < 1.29 is 4.79 Å². The van der Waals surface area contributed by atoms with Gasteiger partial charge >= 0.3 is 0 Å². The lowest BCUT2D eigenvalue weighted by Crippen LogP contribution is -2.25. The van der Waals surface area contributed by atoms with E-state index in [1.165, 1.54) is 6.08 Å². The first kappa shape index (κ1) is 17.8. The van der Waals surface area contributed by atoms with Crippen molar-refractivity contribution in [3.8, 4) is 6.07 Å². The van der Waals surface area contributed by atoms with E-state index in [0.29, 0.717) is 23.7 Å². The molecule has 0 bridgehead atoms. The van der Waals surface area contributed by atoms with Crippen LogP contribution in [0.25, 0.3) is 6.08 Å². The number of rotatable bonds is 7. The van der Waals surface area contributed by atoms with E-state index in [4.69, 9.17) is 16.9 Å². The van der Waals surface area contributed by atoms with Gasteiger partial charge in [-0.25, -0.2) is 0 Å². The minimum atomic E-state index is -0.357. The number of aromatic nitrogens is 2. The lowest BCUT2D eigenvalue weighted by molar-refractivity contribution is -0.117. The highest BCUT2D eigenvalue weighted by Gasteiger charge is 2.09. The second-order valence-electron chi connectivity index (χ2n) is 5.34. The van der Waals surface area contributed by atoms with Crippen molar-refractivity contribution >= 4 is 23.6 Å². The second-order valence-corrected chi connectivity index (χ2v) is 5.75. The van der Waals surface area contributed by atoms with Crippen LogP contribution in [-0.4, -0.2) is 22.2 Å². The van der Waals surface area contributed by atoms with Gasteiger partial charge in [-0.15, -0.1) is 0 Å². The molecule has 0 unspecified atom stereocenters. The third kappa shape index (κ3) is 4.97. The Hall–Kier alpha value is -2.58. The average molecular weight is 343 g/mol. The van der Waals surface area contributed by atoms with Gasteiger partial charge in [-0.3, -0.25) is 9.48 Å². The van der Waals surface area contributed by atoms with Gasteiger partial charge < -0.3 is 5.32 Å². The predicted molar refractivity (Wildman–Crippen MR) is 94.3 cm³/mol. The van der Waals surface area contributed by atoms with Crippen LogP contribution in [0.5, 0.6) is 0 Å². The molecule has 0 spiro atoms. The topological polar surface area (TPSA) is 70.7 Å². The number of benzene rings is 1. The first-order valence-corrected chi connectivity index (χ1v) is 8.17. The molecule has 2 rings (SSSR count). The SMILES string of the molecule is CCCCNC(=O)C(C#N)=Cc1cnn(Cc2ccccc2Cl)c1. The zero-order valence-corrected chi connectivity index (χ0v) is 14.3. The van der Waals surface area contributed by atoms with Gasteiger partial charge in [-0.2, -0.15) is 10.4 Å². The summed E-state index contributed by atoms with van der Waals surface area (Å²) in [5.74, 6) is -0.357. The Morgan fingerprint density at radius 2 is 2.25 bits per heavy atom. The summed E-state index contributed by atoms with van der Waals surface area (Å²) < 4.78 is 1.72. The quantitative estimate of drug-likeness (QED) is 0.476. The van der Waals surface area contributed by atoms with Crippen LogP contribution in [0.3, 0.4) is 0 Å². The van der Waals surface area contributed by atoms with Crippen LogP contribution < -0.4 is 5.32 Å². The second kappa shape index (κ2) is 8.90. The molecule has 24 heavy (non-hydrogen) atoms. The van der Waals surface area contributed by atoms with Crippen LogP contribution in [0.1, 0.15) is 30.9 Å². The third-order valence-corrected chi connectivity index (χ3v) is 3.80. The van der Waals surface area contributed by atoms with Crippen LogP contribution in [-0.2, 0) is 11.3 Å². The van der Waals surface area contributed by atoms with Crippen molar-refractivity contribution in [3.63, 3.8) is 0 Å². The number of unbranched alkanes of at least 4 members (excludes halogenated alkanes) is 1. The summed E-state index contributed by atoms with van der Waals surface area (Å²) in [4.78, 5) is 11.9. The van der Waals surface area contributed by atoms with Crippen LogP contribution >= 0.6 is 11.6 Å². The van der Waals surface area contributed by atoms with Crippen LogP contribution in [0, 0.1) is 11.3 Å². The molecule has 0 saturated carbocycles. The minimum absolute atomic E-state index is 0.0726. The summed E-state index contributed by atoms with van der Waals surface area (Å²) in [6.07, 6.45) is 6.81. The van der Waals surface area contributed by atoms with Gasteiger partial charge in [0.15, 0.2) is 0 Å². The average Bonchev–Trinajstić information content (AvgIpc) is 3.02. The zero-order chi connectivity index (χ0) is 17.4. The summed E-state index contributed by atoms with van der Waals surface area (Å²) >= 11 is 6.14. The van der Waals surface area contributed by atoms with Crippen LogP contribution in [0.4, 0.5) is 0 Å².